The van der Waals surface area contributed by atoms with Crippen molar-refractivity contribution in [1.29, 1.82) is 0 Å². The molecule has 1 aromatic rings. The maximum atomic E-state index is 11.7. The summed E-state index contributed by atoms with van der Waals surface area (Å²) >= 11 is 3.43. The van der Waals surface area contributed by atoms with Gasteiger partial charge in [0, 0.05) is 25.1 Å². The van der Waals surface area contributed by atoms with Crippen molar-refractivity contribution in [1.82, 2.24) is 10.5 Å². The molecule has 0 spiro atoms. The third-order valence-electron chi connectivity index (χ3n) is 2.50. The largest absolute Gasteiger partial charge is 0.377 e. The van der Waals surface area contributed by atoms with E-state index in [-0.39, 0.29) is 5.91 Å². The number of rotatable bonds is 8. The van der Waals surface area contributed by atoms with Crippen LogP contribution in [0.15, 0.2) is 10.6 Å². The van der Waals surface area contributed by atoms with E-state index in [9.17, 15) is 4.79 Å². The number of nitrogens with one attached hydrogen (secondary N) is 1. The molecule has 0 aliphatic heterocycles. The number of ether oxygens (including phenoxy) is 1. The van der Waals surface area contributed by atoms with Crippen LogP contribution in [-0.4, -0.2) is 30.0 Å². The zero-order valence-electron chi connectivity index (χ0n) is 10.7. The van der Waals surface area contributed by atoms with Crippen molar-refractivity contribution >= 4 is 21.8 Å². The quantitative estimate of drug-likeness (QED) is 0.590. The van der Waals surface area contributed by atoms with E-state index in [1.54, 1.807) is 13.2 Å². The van der Waals surface area contributed by atoms with E-state index in [0.29, 0.717) is 30.5 Å². The monoisotopic (exact) mass is 318 g/mol. The molecule has 1 rings (SSSR count). The molecular weight excluding hydrogens is 300 g/mol. The van der Waals surface area contributed by atoms with Crippen LogP contribution in [0.1, 0.15) is 36.0 Å². The van der Waals surface area contributed by atoms with Crippen molar-refractivity contribution in [3.8, 4) is 0 Å². The van der Waals surface area contributed by atoms with Gasteiger partial charge < -0.3 is 14.6 Å². The van der Waals surface area contributed by atoms with Crippen LogP contribution in [0.3, 0.4) is 0 Å². The van der Waals surface area contributed by atoms with Gasteiger partial charge in [-0.05, 0) is 18.8 Å². The number of hydrogen-bond acceptors (Lipinski definition) is 4. The maximum absolute atomic E-state index is 11.7. The molecule has 102 valence electrons. The molecule has 0 fully saturated rings. The lowest BCUT2D eigenvalue weighted by atomic mass is 10.1. The lowest BCUT2D eigenvalue weighted by Crippen LogP contribution is -2.25. The van der Waals surface area contributed by atoms with E-state index in [4.69, 9.17) is 9.26 Å². The molecule has 1 heterocycles. The normalized spacial score (nSPS) is 12.4. The molecule has 5 nitrogen and oxygen atoms in total. The zero-order valence-corrected chi connectivity index (χ0v) is 12.3. The first kappa shape index (κ1) is 15.2. The van der Waals surface area contributed by atoms with Crippen molar-refractivity contribution in [2.24, 2.45) is 5.92 Å². The average molecular weight is 319 g/mol. The first-order valence-corrected chi connectivity index (χ1v) is 7.08. The highest BCUT2D eigenvalue weighted by atomic mass is 79.9. The van der Waals surface area contributed by atoms with Crippen LogP contribution >= 0.6 is 15.9 Å². The molecule has 0 aliphatic carbocycles. The van der Waals surface area contributed by atoms with Gasteiger partial charge >= 0.3 is 0 Å². The Bertz CT molecular complexity index is 368. The molecule has 0 saturated carbocycles. The number of halogens is 1. The Kier molecular flexibility index (Phi) is 6.97. The predicted molar refractivity (Wildman–Crippen MR) is 71.7 cm³/mol. The molecule has 1 amide bonds. The number of carbonyl (C=O) groups is 1. The fourth-order valence-electron chi connectivity index (χ4n) is 1.45. The Balaban J connectivity index is 2.27. The van der Waals surface area contributed by atoms with E-state index < -0.39 is 0 Å². The van der Waals surface area contributed by atoms with Crippen LogP contribution in [0, 0.1) is 5.92 Å². The average Bonchev–Trinajstić information content (AvgIpc) is 2.83. The molecule has 1 aromatic heterocycles. The molecule has 0 radical (unpaired) electrons. The Morgan fingerprint density at radius 1 is 1.67 bits per heavy atom. The standard InChI is InChI=1S/C12H19BrN2O3/c1-9(7-13)4-3-5-14-12(16)11-6-10(8-17-2)18-15-11/h6,9H,3-5,7-8H2,1-2H3,(H,14,16). The van der Waals surface area contributed by atoms with Crippen molar-refractivity contribution in [2.75, 3.05) is 19.0 Å². The van der Waals surface area contributed by atoms with E-state index in [2.05, 4.69) is 33.3 Å². The van der Waals surface area contributed by atoms with Crippen LogP contribution in [-0.2, 0) is 11.3 Å². The summed E-state index contributed by atoms with van der Waals surface area (Å²) in [7, 11) is 1.56. The molecule has 0 aliphatic rings. The Hall–Kier alpha value is -0.880. The summed E-state index contributed by atoms with van der Waals surface area (Å²) in [5.41, 5.74) is 0.301. The van der Waals surface area contributed by atoms with Crippen LogP contribution in [0.5, 0.6) is 0 Å². The van der Waals surface area contributed by atoms with Gasteiger partial charge in [-0.2, -0.15) is 0 Å². The Morgan fingerprint density at radius 2 is 2.44 bits per heavy atom. The van der Waals surface area contributed by atoms with Gasteiger partial charge in [-0.1, -0.05) is 28.0 Å². The van der Waals surface area contributed by atoms with Crippen molar-refractivity contribution < 1.29 is 14.1 Å². The fraction of sp³-hybridized carbons (Fsp3) is 0.667. The van der Waals surface area contributed by atoms with Crippen LogP contribution in [0.4, 0.5) is 0 Å². The van der Waals surface area contributed by atoms with E-state index in [1.807, 2.05) is 0 Å². The van der Waals surface area contributed by atoms with Gasteiger partial charge in [0.15, 0.2) is 11.5 Å². The van der Waals surface area contributed by atoms with Crippen LogP contribution < -0.4 is 5.32 Å². The van der Waals surface area contributed by atoms with Gasteiger partial charge in [0.2, 0.25) is 0 Å². The smallest absolute Gasteiger partial charge is 0.273 e. The molecule has 18 heavy (non-hydrogen) atoms. The number of amides is 1. The number of hydrogen-bond donors (Lipinski definition) is 1. The van der Waals surface area contributed by atoms with Crippen molar-refractivity contribution in [3.05, 3.63) is 17.5 Å². The van der Waals surface area contributed by atoms with E-state index >= 15 is 0 Å². The minimum Gasteiger partial charge on any atom is -0.377 e. The predicted octanol–water partition coefficient (Wildman–Crippen LogP) is 2.36. The zero-order chi connectivity index (χ0) is 13.4. The number of alkyl halides is 1. The van der Waals surface area contributed by atoms with Crippen molar-refractivity contribution in [2.45, 2.75) is 26.4 Å². The van der Waals surface area contributed by atoms with Crippen molar-refractivity contribution in [3.63, 3.8) is 0 Å². The van der Waals surface area contributed by atoms with Gasteiger partial charge in [0.25, 0.3) is 5.91 Å². The number of carbonyl (C=O) groups excluding carboxylic acids is 1. The van der Waals surface area contributed by atoms with Gasteiger partial charge in [-0.3, -0.25) is 4.79 Å². The molecule has 0 saturated heterocycles. The number of methoxy groups -OCH3 is 1. The summed E-state index contributed by atoms with van der Waals surface area (Å²) in [6.07, 6.45) is 2.04. The summed E-state index contributed by atoms with van der Waals surface area (Å²) in [5.74, 6) is 0.977. The molecule has 1 atom stereocenters. The highest BCUT2D eigenvalue weighted by Gasteiger charge is 2.11. The topological polar surface area (TPSA) is 64.4 Å². The summed E-state index contributed by atoms with van der Waals surface area (Å²) in [4.78, 5) is 11.7. The van der Waals surface area contributed by atoms with Gasteiger partial charge in [-0.25, -0.2) is 0 Å². The molecule has 0 aromatic carbocycles. The van der Waals surface area contributed by atoms with Crippen LogP contribution in [0.25, 0.3) is 0 Å². The SMILES string of the molecule is COCc1cc(C(=O)NCCCC(C)CBr)no1. The molecule has 0 bridgehead atoms. The number of nitrogens with zero attached hydrogens (tertiary/aromatic N) is 1. The lowest BCUT2D eigenvalue weighted by molar-refractivity contribution is 0.0942. The number of aromatic nitrogens is 1. The lowest BCUT2D eigenvalue weighted by Gasteiger charge is -2.07. The second-order valence-corrected chi connectivity index (χ2v) is 4.92. The summed E-state index contributed by atoms with van der Waals surface area (Å²) in [5, 5.41) is 7.50. The molecule has 1 N–H and O–H groups in total. The summed E-state index contributed by atoms with van der Waals surface area (Å²) < 4.78 is 9.83. The van der Waals surface area contributed by atoms with Crippen LogP contribution in [0.2, 0.25) is 0 Å². The Labute approximate surface area is 115 Å². The highest BCUT2D eigenvalue weighted by Crippen LogP contribution is 2.08. The summed E-state index contributed by atoms with van der Waals surface area (Å²) in [6.45, 7) is 3.15. The molecular formula is C12H19BrN2O3. The fourth-order valence-corrected chi connectivity index (χ4v) is 1.77. The van der Waals surface area contributed by atoms with Gasteiger partial charge in [0.1, 0.15) is 6.61 Å². The summed E-state index contributed by atoms with van der Waals surface area (Å²) in [6, 6.07) is 1.60. The molecule has 6 heteroatoms. The first-order chi connectivity index (χ1) is 8.67. The third-order valence-corrected chi connectivity index (χ3v) is 3.61. The van der Waals surface area contributed by atoms with Gasteiger partial charge in [0.05, 0.1) is 0 Å². The maximum Gasteiger partial charge on any atom is 0.273 e. The second-order valence-electron chi connectivity index (χ2n) is 4.27. The minimum atomic E-state index is -0.201. The second kappa shape index (κ2) is 8.26. The molecule has 1 unspecified atom stereocenters. The Morgan fingerprint density at radius 3 is 3.11 bits per heavy atom. The van der Waals surface area contributed by atoms with E-state index in [0.717, 1.165) is 18.2 Å². The third kappa shape index (κ3) is 5.18. The van der Waals surface area contributed by atoms with Gasteiger partial charge in [-0.15, -0.1) is 0 Å². The minimum absolute atomic E-state index is 0.201. The van der Waals surface area contributed by atoms with E-state index in [1.165, 1.54) is 0 Å². The first-order valence-electron chi connectivity index (χ1n) is 5.96. The highest BCUT2D eigenvalue weighted by molar-refractivity contribution is 9.09.